The first-order valence-corrected chi connectivity index (χ1v) is 3.93. The second-order valence-electron chi connectivity index (χ2n) is 3.84. The van der Waals surface area contributed by atoms with Crippen molar-refractivity contribution >= 4 is 5.91 Å². The number of carbonyl (C=O) groups is 1. The Kier molecular flexibility index (Phi) is 1.92. The lowest BCUT2D eigenvalue weighted by atomic mass is 10.1. The summed E-state index contributed by atoms with van der Waals surface area (Å²) in [6, 6.07) is 0.143. The number of hydrogen-bond acceptors (Lipinski definition) is 2. The SMILES string of the molecule is CC(C)N1OC(C)(C)CC1=O. The maximum absolute atomic E-state index is 11.2. The summed E-state index contributed by atoms with van der Waals surface area (Å²) in [4.78, 5) is 16.6. The Balaban J connectivity index is 2.67. The molecule has 1 amide bonds. The summed E-state index contributed by atoms with van der Waals surface area (Å²) in [6.45, 7) is 7.74. The summed E-state index contributed by atoms with van der Waals surface area (Å²) < 4.78 is 0. The molecule has 0 aliphatic carbocycles. The predicted molar refractivity (Wildman–Crippen MR) is 41.8 cm³/mol. The largest absolute Gasteiger partial charge is 0.272 e. The second-order valence-corrected chi connectivity index (χ2v) is 3.84. The third kappa shape index (κ3) is 1.71. The van der Waals surface area contributed by atoms with Crippen LogP contribution in [-0.2, 0) is 9.63 Å². The molecule has 0 aromatic heterocycles. The molecule has 1 fully saturated rings. The Labute approximate surface area is 67.3 Å². The number of hydrogen-bond donors (Lipinski definition) is 0. The summed E-state index contributed by atoms with van der Waals surface area (Å²) >= 11 is 0. The van der Waals surface area contributed by atoms with E-state index in [9.17, 15) is 4.79 Å². The highest BCUT2D eigenvalue weighted by Gasteiger charge is 2.38. The van der Waals surface area contributed by atoms with Crippen molar-refractivity contribution in [3.05, 3.63) is 0 Å². The molecule has 1 rings (SSSR count). The van der Waals surface area contributed by atoms with E-state index in [0.29, 0.717) is 6.42 Å². The van der Waals surface area contributed by atoms with Gasteiger partial charge in [-0.1, -0.05) is 0 Å². The maximum Gasteiger partial charge on any atom is 0.249 e. The van der Waals surface area contributed by atoms with Gasteiger partial charge >= 0.3 is 0 Å². The van der Waals surface area contributed by atoms with E-state index in [1.807, 2.05) is 27.7 Å². The molecule has 1 saturated heterocycles. The van der Waals surface area contributed by atoms with Crippen molar-refractivity contribution in [1.29, 1.82) is 0 Å². The Morgan fingerprint density at radius 3 is 2.27 bits per heavy atom. The van der Waals surface area contributed by atoms with Crippen LogP contribution >= 0.6 is 0 Å². The molecule has 0 aromatic rings. The average molecular weight is 157 g/mol. The van der Waals surface area contributed by atoms with Gasteiger partial charge in [0.15, 0.2) is 0 Å². The number of nitrogens with zero attached hydrogens (tertiary/aromatic N) is 1. The fraction of sp³-hybridized carbons (Fsp3) is 0.875. The van der Waals surface area contributed by atoms with E-state index in [1.165, 1.54) is 5.06 Å². The smallest absolute Gasteiger partial charge is 0.249 e. The van der Waals surface area contributed by atoms with Gasteiger partial charge in [0.05, 0.1) is 18.1 Å². The molecule has 1 aliphatic rings. The van der Waals surface area contributed by atoms with Gasteiger partial charge in [-0.2, -0.15) is 0 Å². The standard InChI is InChI=1S/C8H15NO2/c1-6(2)9-7(10)5-8(3,4)11-9/h6H,5H2,1-4H3. The van der Waals surface area contributed by atoms with Gasteiger partial charge in [-0.25, -0.2) is 5.06 Å². The van der Waals surface area contributed by atoms with E-state index in [2.05, 4.69) is 0 Å². The molecule has 0 atom stereocenters. The molecule has 11 heavy (non-hydrogen) atoms. The molecule has 3 heteroatoms. The van der Waals surface area contributed by atoms with Crippen LogP contribution in [-0.4, -0.2) is 22.6 Å². The Morgan fingerprint density at radius 1 is 1.55 bits per heavy atom. The first-order valence-electron chi connectivity index (χ1n) is 3.93. The summed E-state index contributed by atoms with van der Waals surface area (Å²) in [6.07, 6.45) is 0.491. The monoisotopic (exact) mass is 157 g/mol. The van der Waals surface area contributed by atoms with Crippen molar-refractivity contribution in [3.8, 4) is 0 Å². The highest BCUT2D eigenvalue weighted by molar-refractivity contribution is 5.78. The summed E-state index contributed by atoms with van der Waals surface area (Å²) in [5, 5.41) is 1.46. The van der Waals surface area contributed by atoms with E-state index in [0.717, 1.165) is 0 Å². The molecule has 0 bridgehead atoms. The fourth-order valence-electron chi connectivity index (χ4n) is 1.18. The van der Waals surface area contributed by atoms with Gasteiger partial charge in [-0.15, -0.1) is 0 Å². The van der Waals surface area contributed by atoms with E-state index in [1.54, 1.807) is 0 Å². The second kappa shape index (κ2) is 2.48. The number of hydroxylamine groups is 2. The van der Waals surface area contributed by atoms with Crippen LogP contribution in [0.15, 0.2) is 0 Å². The molecule has 1 heterocycles. The van der Waals surface area contributed by atoms with Crippen LogP contribution in [0.5, 0.6) is 0 Å². The van der Waals surface area contributed by atoms with E-state index < -0.39 is 0 Å². The first kappa shape index (κ1) is 8.53. The lowest BCUT2D eigenvalue weighted by Gasteiger charge is -2.22. The summed E-state index contributed by atoms with van der Waals surface area (Å²) in [5.74, 6) is 0.0880. The van der Waals surface area contributed by atoms with Crippen molar-refractivity contribution in [2.24, 2.45) is 0 Å². The molecular weight excluding hydrogens is 142 g/mol. The molecule has 1 aliphatic heterocycles. The zero-order chi connectivity index (χ0) is 8.65. The zero-order valence-corrected chi connectivity index (χ0v) is 7.55. The number of amides is 1. The summed E-state index contributed by atoms with van der Waals surface area (Å²) in [5.41, 5.74) is -0.304. The van der Waals surface area contributed by atoms with Crippen LogP contribution in [0.4, 0.5) is 0 Å². The normalized spacial score (nSPS) is 23.4. The average Bonchev–Trinajstić information content (AvgIpc) is 2.05. The summed E-state index contributed by atoms with van der Waals surface area (Å²) in [7, 11) is 0. The Hall–Kier alpha value is -0.570. The van der Waals surface area contributed by atoms with Crippen LogP contribution in [0.25, 0.3) is 0 Å². The van der Waals surface area contributed by atoms with Crippen LogP contribution in [0, 0.1) is 0 Å². The maximum atomic E-state index is 11.2. The Bertz CT molecular complexity index is 175. The highest BCUT2D eigenvalue weighted by atomic mass is 16.7. The number of carbonyl (C=O) groups excluding carboxylic acids is 1. The Morgan fingerprint density at radius 2 is 2.09 bits per heavy atom. The van der Waals surface area contributed by atoms with E-state index in [4.69, 9.17) is 4.84 Å². The minimum Gasteiger partial charge on any atom is -0.272 e. The van der Waals surface area contributed by atoms with Gasteiger partial charge in [0.25, 0.3) is 0 Å². The predicted octanol–water partition coefficient (Wildman–Crippen LogP) is 1.34. The minimum absolute atomic E-state index is 0.0880. The van der Waals surface area contributed by atoms with E-state index in [-0.39, 0.29) is 17.6 Å². The molecule has 0 unspecified atom stereocenters. The van der Waals surface area contributed by atoms with E-state index >= 15 is 0 Å². The van der Waals surface area contributed by atoms with Gasteiger partial charge < -0.3 is 0 Å². The quantitative estimate of drug-likeness (QED) is 0.574. The topological polar surface area (TPSA) is 29.5 Å². The van der Waals surface area contributed by atoms with Crippen molar-refractivity contribution < 1.29 is 9.63 Å². The zero-order valence-electron chi connectivity index (χ0n) is 7.55. The molecule has 3 nitrogen and oxygen atoms in total. The third-order valence-corrected chi connectivity index (χ3v) is 1.64. The minimum atomic E-state index is -0.304. The number of rotatable bonds is 1. The molecular formula is C8H15NO2. The lowest BCUT2D eigenvalue weighted by Crippen LogP contribution is -2.32. The molecule has 0 N–H and O–H groups in total. The van der Waals surface area contributed by atoms with Crippen LogP contribution in [0.3, 0.4) is 0 Å². The van der Waals surface area contributed by atoms with Crippen molar-refractivity contribution in [2.75, 3.05) is 0 Å². The van der Waals surface area contributed by atoms with Crippen molar-refractivity contribution in [2.45, 2.75) is 45.8 Å². The van der Waals surface area contributed by atoms with Gasteiger partial charge in [0.2, 0.25) is 5.91 Å². The first-order chi connectivity index (χ1) is 4.92. The van der Waals surface area contributed by atoms with Crippen molar-refractivity contribution in [1.82, 2.24) is 5.06 Å². The molecule has 0 spiro atoms. The van der Waals surface area contributed by atoms with Crippen LogP contribution in [0.1, 0.15) is 34.1 Å². The van der Waals surface area contributed by atoms with Gasteiger partial charge in [-0.05, 0) is 27.7 Å². The van der Waals surface area contributed by atoms with Gasteiger partial charge in [0.1, 0.15) is 0 Å². The molecule has 64 valence electrons. The van der Waals surface area contributed by atoms with Gasteiger partial charge in [0, 0.05) is 0 Å². The third-order valence-electron chi connectivity index (χ3n) is 1.64. The molecule has 0 radical (unpaired) electrons. The van der Waals surface area contributed by atoms with Crippen LogP contribution in [0.2, 0.25) is 0 Å². The van der Waals surface area contributed by atoms with Gasteiger partial charge in [-0.3, -0.25) is 9.63 Å². The van der Waals surface area contributed by atoms with Crippen LogP contribution < -0.4 is 0 Å². The van der Waals surface area contributed by atoms with Crippen molar-refractivity contribution in [3.63, 3.8) is 0 Å². The molecule has 0 saturated carbocycles. The fourth-order valence-corrected chi connectivity index (χ4v) is 1.18. The lowest BCUT2D eigenvalue weighted by molar-refractivity contribution is -0.202. The highest BCUT2D eigenvalue weighted by Crippen LogP contribution is 2.26. The molecule has 0 aromatic carbocycles.